The van der Waals surface area contributed by atoms with Crippen molar-refractivity contribution in [2.24, 2.45) is 0 Å². The Hall–Kier alpha value is -2.90. The Balaban J connectivity index is 1.85. The first-order chi connectivity index (χ1) is 13.6. The lowest BCUT2D eigenvalue weighted by Crippen LogP contribution is -2.46. The van der Waals surface area contributed by atoms with Gasteiger partial charge in [-0.25, -0.2) is 4.79 Å². The maximum absolute atomic E-state index is 12.5. The van der Waals surface area contributed by atoms with E-state index in [1.54, 1.807) is 13.8 Å². The van der Waals surface area contributed by atoms with E-state index in [4.69, 9.17) is 4.74 Å². The third kappa shape index (κ3) is 4.93. The van der Waals surface area contributed by atoms with Crippen LogP contribution in [0.1, 0.15) is 56.3 Å². The van der Waals surface area contributed by atoms with Crippen molar-refractivity contribution >= 4 is 23.8 Å². The molecule has 1 aliphatic heterocycles. The number of urea groups is 1. The Kier molecular flexibility index (Phi) is 7.00. The third-order valence-electron chi connectivity index (χ3n) is 5.51. The molecule has 2 rings (SSSR count). The smallest absolute Gasteiger partial charge is 0.326 e. The van der Waals surface area contributed by atoms with E-state index in [9.17, 15) is 19.2 Å². The number of hydrogen-bond acceptors (Lipinski definition) is 5. The first kappa shape index (κ1) is 22.4. The van der Waals surface area contributed by atoms with Crippen LogP contribution >= 0.6 is 0 Å². The molecule has 0 bridgehead atoms. The van der Waals surface area contributed by atoms with Gasteiger partial charge in [0.2, 0.25) is 0 Å². The van der Waals surface area contributed by atoms with Crippen molar-refractivity contribution in [2.45, 2.75) is 59.0 Å². The molecule has 8 nitrogen and oxygen atoms in total. The van der Waals surface area contributed by atoms with Crippen LogP contribution in [-0.4, -0.2) is 47.4 Å². The highest BCUT2D eigenvalue weighted by Crippen LogP contribution is 2.24. The van der Waals surface area contributed by atoms with Crippen molar-refractivity contribution in [1.82, 2.24) is 15.5 Å². The minimum absolute atomic E-state index is 0.249. The van der Waals surface area contributed by atoms with Crippen molar-refractivity contribution < 1.29 is 23.9 Å². The number of esters is 1. The first-order valence-corrected chi connectivity index (χ1v) is 9.79. The summed E-state index contributed by atoms with van der Waals surface area (Å²) in [7, 11) is 0. The number of amides is 4. The number of ether oxygens (including phenoxy) is 1. The molecule has 0 aromatic heterocycles. The lowest BCUT2D eigenvalue weighted by Gasteiger charge is -2.22. The van der Waals surface area contributed by atoms with Gasteiger partial charge in [-0.05, 0) is 50.3 Å². The molecule has 1 aliphatic rings. The summed E-state index contributed by atoms with van der Waals surface area (Å²) >= 11 is 0. The number of nitrogens with one attached hydrogen (secondary N) is 2. The second-order valence-electron chi connectivity index (χ2n) is 7.40. The van der Waals surface area contributed by atoms with Crippen LogP contribution in [-0.2, 0) is 19.1 Å². The van der Waals surface area contributed by atoms with E-state index >= 15 is 0 Å². The summed E-state index contributed by atoms with van der Waals surface area (Å²) in [6.45, 7) is 8.44. The van der Waals surface area contributed by atoms with Crippen molar-refractivity contribution in [3.8, 4) is 0 Å². The summed E-state index contributed by atoms with van der Waals surface area (Å²) in [6, 6.07) is 5.05. The summed E-state index contributed by atoms with van der Waals surface area (Å²) in [5.74, 6) is -1.72. The number of nitrogens with zero attached hydrogens (tertiary/aromatic N) is 1. The minimum Gasteiger partial charge on any atom is -0.454 e. The zero-order chi connectivity index (χ0) is 21.8. The number of carbonyl (C=O) groups excluding carboxylic acids is 4. The molecule has 1 heterocycles. The maximum atomic E-state index is 12.5. The van der Waals surface area contributed by atoms with Crippen LogP contribution in [0.25, 0.3) is 0 Å². The number of benzene rings is 1. The molecule has 0 saturated carbocycles. The molecule has 0 aliphatic carbocycles. The van der Waals surface area contributed by atoms with E-state index in [1.165, 1.54) is 0 Å². The van der Waals surface area contributed by atoms with Gasteiger partial charge in [-0.2, -0.15) is 0 Å². The van der Waals surface area contributed by atoms with Gasteiger partial charge in [-0.3, -0.25) is 19.3 Å². The summed E-state index contributed by atoms with van der Waals surface area (Å²) in [5.41, 5.74) is 2.26. The molecule has 4 amide bonds. The van der Waals surface area contributed by atoms with Crippen LogP contribution < -0.4 is 10.6 Å². The van der Waals surface area contributed by atoms with E-state index in [1.807, 2.05) is 39.0 Å². The molecule has 1 aromatic rings. The molecule has 8 heteroatoms. The Labute approximate surface area is 171 Å². The topological polar surface area (TPSA) is 105 Å². The summed E-state index contributed by atoms with van der Waals surface area (Å²) < 4.78 is 4.95. The first-order valence-electron chi connectivity index (χ1n) is 9.79. The maximum Gasteiger partial charge on any atom is 0.326 e. The lowest BCUT2D eigenvalue weighted by atomic mass is 9.93. The molecular formula is C21H29N3O5. The summed E-state index contributed by atoms with van der Waals surface area (Å²) in [4.78, 5) is 49.5. The molecule has 1 saturated heterocycles. The van der Waals surface area contributed by atoms with Gasteiger partial charge in [0.25, 0.3) is 11.8 Å². The van der Waals surface area contributed by atoms with Crippen LogP contribution in [0.3, 0.4) is 0 Å². The molecule has 158 valence electrons. The molecule has 1 atom stereocenters. The number of hydrogen-bond donors (Lipinski definition) is 2. The van der Waals surface area contributed by atoms with Crippen LogP contribution in [0.15, 0.2) is 18.2 Å². The Morgan fingerprint density at radius 1 is 1.17 bits per heavy atom. The monoisotopic (exact) mass is 403 g/mol. The van der Waals surface area contributed by atoms with Crippen molar-refractivity contribution in [1.29, 1.82) is 0 Å². The molecule has 0 radical (unpaired) electrons. The van der Waals surface area contributed by atoms with Crippen molar-refractivity contribution in [3.63, 3.8) is 0 Å². The van der Waals surface area contributed by atoms with Gasteiger partial charge in [-0.1, -0.05) is 32.0 Å². The van der Waals surface area contributed by atoms with Gasteiger partial charge in [0.1, 0.15) is 12.1 Å². The van der Waals surface area contributed by atoms with Crippen LogP contribution in [0.5, 0.6) is 0 Å². The van der Waals surface area contributed by atoms with Crippen LogP contribution in [0.2, 0.25) is 0 Å². The summed E-state index contributed by atoms with van der Waals surface area (Å²) in [6.07, 6.45) is 0.858. The van der Waals surface area contributed by atoms with Crippen LogP contribution in [0, 0.1) is 13.8 Å². The summed E-state index contributed by atoms with van der Waals surface area (Å²) in [5, 5.41) is 5.40. The molecule has 29 heavy (non-hydrogen) atoms. The largest absolute Gasteiger partial charge is 0.454 e. The minimum atomic E-state index is -0.976. The molecule has 0 unspecified atom stereocenters. The quantitative estimate of drug-likeness (QED) is 0.511. The molecule has 0 spiro atoms. The molecular weight excluding hydrogens is 374 g/mol. The number of rotatable bonds is 8. The highest BCUT2D eigenvalue weighted by Gasteiger charge is 2.49. The molecule has 2 N–H and O–H groups in total. The SMILES string of the molecule is CCC1(CC)NC(=O)N(CC(=O)OCC(=O)N[C@@H](C)c2ccc(C)c(C)c2)C1=O. The van der Waals surface area contributed by atoms with Gasteiger partial charge >= 0.3 is 12.0 Å². The average molecular weight is 403 g/mol. The van der Waals surface area contributed by atoms with E-state index in [0.29, 0.717) is 12.8 Å². The fourth-order valence-electron chi connectivity index (χ4n) is 3.27. The highest BCUT2D eigenvalue weighted by molar-refractivity contribution is 6.08. The van der Waals surface area contributed by atoms with E-state index < -0.39 is 42.5 Å². The molecule has 1 fully saturated rings. The van der Waals surface area contributed by atoms with E-state index in [2.05, 4.69) is 10.6 Å². The third-order valence-corrected chi connectivity index (χ3v) is 5.51. The molecule has 1 aromatic carbocycles. The zero-order valence-electron chi connectivity index (χ0n) is 17.6. The highest BCUT2D eigenvalue weighted by atomic mass is 16.5. The number of aryl methyl sites for hydroxylation is 2. The second kappa shape index (κ2) is 9.07. The van der Waals surface area contributed by atoms with Gasteiger partial charge < -0.3 is 15.4 Å². The van der Waals surface area contributed by atoms with Crippen molar-refractivity contribution in [3.05, 3.63) is 34.9 Å². The predicted octanol–water partition coefficient (Wildman–Crippen LogP) is 2.13. The Morgan fingerprint density at radius 3 is 2.38 bits per heavy atom. The fraction of sp³-hybridized carbons (Fsp3) is 0.524. The standard InChI is InChI=1S/C21H29N3O5/c1-6-21(7-2)19(27)24(20(28)23-21)11-18(26)29-12-17(25)22-15(5)16-9-8-13(3)14(4)10-16/h8-10,15H,6-7,11-12H2,1-5H3,(H,22,25)(H,23,28)/t15-/m0/s1. The Bertz CT molecular complexity index is 817. The van der Waals surface area contributed by atoms with Crippen LogP contribution in [0.4, 0.5) is 4.79 Å². The predicted molar refractivity (Wildman–Crippen MR) is 107 cm³/mol. The fourth-order valence-corrected chi connectivity index (χ4v) is 3.27. The number of carbonyl (C=O) groups is 4. The normalized spacial score (nSPS) is 16.4. The number of imide groups is 1. The van der Waals surface area contributed by atoms with E-state index in [-0.39, 0.29) is 6.04 Å². The van der Waals surface area contributed by atoms with E-state index in [0.717, 1.165) is 21.6 Å². The van der Waals surface area contributed by atoms with Gasteiger partial charge in [0.05, 0.1) is 6.04 Å². The van der Waals surface area contributed by atoms with Gasteiger partial charge in [-0.15, -0.1) is 0 Å². The average Bonchev–Trinajstić information content (AvgIpc) is 2.93. The zero-order valence-corrected chi connectivity index (χ0v) is 17.6. The second-order valence-corrected chi connectivity index (χ2v) is 7.40. The Morgan fingerprint density at radius 2 is 1.83 bits per heavy atom. The lowest BCUT2D eigenvalue weighted by molar-refractivity contribution is -0.151. The van der Waals surface area contributed by atoms with Gasteiger partial charge in [0.15, 0.2) is 6.61 Å². The van der Waals surface area contributed by atoms with Gasteiger partial charge in [0, 0.05) is 0 Å². The van der Waals surface area contributed by atoms with Crippen molar-refractivity contribution in [2.75, 3.05) is 13.2 Å².